The first-order valence-electron chi connectivity index (χ1n) is 6.51. The third-order valence-electron chi connectivity index (χ3n) is 3.67. The standard InChI is InChI=1S/C15H18ClNO2/c1-17(12-4-2-3-5-12)13-8-6-11(14(16)10-13)7-9-15(18)19/h6-10,12H,2-5H2,1H3,(H,18,19)/b9-7+. The molecule has 19 heavy (non-hydrogen) atoms. The molecule has 0 aliphatic heterocycles. The van der Waals surface area contributed by atoms with Gasteiger partial charge in [0, 0.05) is 29.9 Å². The average Bonchev–Trinajstić information content (AvgIpc) is 2.90. The maximum atomic E-state index is 10.5. The normalized spacial score (nSPS) is 16.1. The van der Waals surface area contributed by atoms with Crippen LogP contribution in [-0.2, 0) is 4.79 Å². The zero-order valence-corrected chi connectivity index (χ0v) is 11.7. The highest BCUT2D eigenvalue weighted by molar-refractivity contribution is 6.32. The molecule has 0 amide bonds. The SMILES string of the molecule is CN(c1ccc(/C=C/C(=O)O)c(Cl)c1)C1CCCC1. The predicted octanol–water partition coefficient (Wildman–Crippen LogP) is 3.82. The van der Waals surface area contributed by atoms with Gasteiger partial charge in [-0.3, -0.25) is 0 Å². The zero-order valence-electron chi connectivity index (χ0n) is 11.0. The highest BCUT2D eigenvalue weighted by atomic mass is 35.5. The molecule has 3 nitrogen and oxygen atoms in total. The predicted molar refractivity (Wildman–Crippen MR) is 78.8 cm³/mol. The second kappa shape index (κ2) is 6.11. The lowest BCUT2D eigenvalue weighted by atomic mass is 10.1. The molecule has 1 fully saturated rings. The minimum atomic E-state index is -0.969. The Morgan fingerprint density at radius 1 is 1.42 bits per heavy atom. The second-order valence-corrected chi connectivity index (χ2v) is 5.33. The molecule has 1 saturated carbocycles. The highest BCUT2D eigenvalue weighted by Gasteiger charge is 2.20. The molecule has 102 valence electrons. The molecule has 1 aromatic rings. The van der Waals surface area contributed by atoms with E-state index in [-0.39, 0.29) is 0 Å². The Labute approximate surface area is 118 Å². The summed E-state index contributed by atoms with van der Waals surface area (Å²) in [7, 11) is 2.09. The molecular formula is C15H18ClNO2. The largest absolute Gasteiger partial charge is 0.478 e. The van der Waals surface area contributed by atoms with E-state index in [1.807, 2.05) is 18.2 Å². The molecule has 0 aromatic heterocycles. The quantitative estimate of drug-likeness (QED) is 0.852. The molecule has 0 unspecified atom stereocenters. The van der Waals surface area contributed by atoms with Gasteiger partial charge >= 0.3 is 5.97 Å². The number of halogens is 1. The number of hydrogen-bond acceptors (Lipinski definition) is 2. The fourth-order valence-electron chi connectivity index (χ4n) is 2.53. The molecule has 0 atom stereocenters. The second-order valence-electron chi connectivity index (χ2n) is 4.93. The van der Waals surface area contributed by atoms with Crippen molar-refractivity contribution < 1.29 is 9.90 Å². The Bertz CT molecular complexity index is 493. The van der Waals surface area contributed by atoms with Gasteiger partial charge in [-0.05, 0) is 36.6 Å². The van der Waals surface area contributed by atoms with Crippen molar-refractivity contribution >= 4 is 29.3 Å². The van der Waals surface area contributed by atoms with Crippen molar-refractivity contribution in [2.75, 3.05) is 11.9 Å². The molecule has 1 aliphatic rings. The number of rotatable bonds is 4. The third kappa shape index (κ3) is 3.51. The molecule has 0 spiro atoms. The Morgan fingerprint density at radius 3 is 2.68 bits per heavy atom. The number of hydrogen-bond donors (Lipinski definition) is 1. The maximum absolute atomic E-state index is 10.5. The minimum Gasteiger partial charge on any atom is -0.478 e. The zero-order chi connectivity index (χ0) is 13.8. The lowest BCUT2D eigenvalue weighted by Crippen LogP contribution is -2.28. The molecule has 1 N–H and O–H groups in total. The van der Waals surface area contributed by atoms with E-state index in [9.17, 15) is 4.79 Å². The van der Waals surface area contributed by atoms with E-state index in [1.54, 1.807) is 0 Å². The van der Waals surface area contributed by atoms with Crippen LogP contribution in [0.2, 0.25) is 5.02 Å². The number of nitrogens with zero attached hydrogens (tertiary/aromatic N) is 1. The number of anilines is 1. The van der Waals surface area contributed by atoms with E-state index in [0.717, 1.165) is 17.3 Å². The Hall–Kier alpha value is -1.48. The molecule has 1 aromatic carbocycles. The maximum Gasteiger partial charge on any atom is 0.328 e. The Balaban J connectivity index is 2.15. The number of carbonyl (C=O) groups is 1. The van der Waals surface area contributed by atoms with Crippen molar-refractivity contribution in [3.05, 3.63) is 34.9 Å². The van der Waals surface area contributed by atoms with E-state index in [2.05, 4.69) is 11.9 Å². The topological polar surface area (TPSA) is 40.5 Å². The van der Waals surface area contributed by atoms with E-state index in [0.29, 0.717) is 11.1 Å². The summed E-state index contributed by atoms with van der Waals surface area (Å²) in [4.78, 5) is 12.8. The van der Waals surface area contributed by atoms with Crippen LogP contribution >= 0.6 is 11.6 Å². The summed E-state index contributed by atoms with van der Waals surface area (Å²) in [6, 6.07) is 6.35. The van der Waals surface area contributed by atoms with Gasteiger partial charge in [0.25, 0.3) is 0 Å². The lowest BCUT2D eigenvalue weighted by molar-refractivity contribution is -0.131. The summed E-state index contributed by atoms with van der Waals surface area (Å²) in [6.07, 6.45) is 7.67. The van der Waals surface area contributed by atoms with Gasteiger partial charge in [-0.2, -0.15) is 0 Å². The van der Waals surface area contributed by atoms with Crippen LogP contribution in [-0.4, -0.2) is 24.2 Å². The minimum absolute atomic E-state index is 0.583. The van der Waals surface area contributed by atoms with Crippen LogP contribution in [0.3, 0.4) is 0 Å². The van der Waals surface area contributed by atoms with Gasteiger partial charge in [-0.1, -0.05) is 30.5 Å². The van der Waals surface area contributed by atoms with Crippen molar-refractivity contribution in [2.24, 2.45) is 0 Å². The Kier molecular flexibility index (Phi) is 4.48. The molecule has 0 saturated heterocycles. The summed E-state index contributed by atoms with van der Waals surface area (Å²) in [5.41, 5.74) is 1.82. The van der Waals surface area contributed by atoms with Gasteiger partial charge in [0.2, 0.25) is 0 Å². The van der Waals surface area contributed by atoms with Crippen molar-refractivity contribution in [3.63, 3.8) is 0 Å². The van der Waals surface area contributed by atoms with Crippen LogP contribution < -0.4 is 4.90 Å². The molecule has 0 bridgehead atoms. The van der Waals surface area contributed by atoms with E-state index in [1.165, 1.54) is 31.8 Å². The van der Waals surface area contributed by atoms with Gasteiger partial charge in [0.05, 0.1) is 0 Å². The first kappa shape index (κ1) is 13.9. The van der Waals surface area contributed by atoms with E-state index in [4.69, 9.17) is 16.7 Å². The van der Waals surface area contributed by atoms with E-state index < -0.39 is 5.97 Å². The molecule has 0 radical (unpaired) electrons. The van der Waals surface area contributed by atoms with Gasteiger partial charge in [0.15, 0.2) is 0 Å². The monoisotopic (exact) mass is 279 g/mol. The molecule has 0 heterocycles. The lowest BCUT2D eigenvalue weighted by Gasteiger charge is -2.26. The molecular weight excluding hydrogens is 262 g/mol. The fourth-order valence-corrected chi connectivity index (χ4v) is 2.77. The van der Waals surface area contributed by atoms with Gasteiger partial charge in [0.1, 0.15) is 0 Å². The average molecular weight is 280 g/mol. The van der Waals surface area contributed by atoms with Gasteiger partial charge < -0.3 is 10.0 Å². The summed E-state index contributed by atoms with van der Waals surface area (Å²) in [6.45, 7) is 0. The fraction of sp³-hybridized carbons (Fsp3) is 0.400. The highest BCUT2D eigenvalue weighted by Crippen LogP contribution is 2.30. The van der Waals surface area contributed by atoms with Crippen molar-refractivity contribution in [1.29, 1.82) is 0 Å². The summed E-state index contributed by atoms with van der Waals surface area (Å²) in [5, 5.41) is 9.20. The molecule has 4 heteroatoms. The summed E-state index contributed by atoms with van der Waals surface area (Å²) < 4.78 is 0. The summed E-state index contributed by atoms with van der Waals surface area (Å²) >= 11 is 6.19. The summed E-state index contributed by atoms with van der Waals surface area (Å²) in [5.74, 6) is -0.969. The van der Waals surface area contributed by atoms with Crippen LogP contribution in [0.25, 0.3) is 6.08 Å². The molecule has 1 aliphatic carbocycles. The van der Waals surface area contributed by atoms with Crippen molar-refractivity contribution in [3.8, 4) is 0 Å². The van der Waals surface area contributed by atoms with Crippen LogP contribution in [0.1, 0.15) is 31.2 Å². The smallest absolute Gasteiger partial charge is 0.328 e. The van der Waals surface area contributed by atoms with Crippen molar-refractivity contribution in [1.82, 2.24) is 0 Å². The molecule has 2 rings (SSSR count). The van der Waals surface area contributed by atoms with Crippen molar-refractivity contribution in [2.45, 2.75) is 31.7 Å². The third-order valence-corrected chi connectivity index (χ3v) is 4.00. The Morgan fingerprint density at radius 2 is 2.11 bits per heavy atom. The van der Waals surface area contributed by atoms with Crippen LogP contribution in [0.15, 0.2) is 24.3 Å². The number of carboxylic acids is 1. The number of benzene rings is 1. The first-order valence-corrected chi connectivity index (χ1v) is 6.89. The van der Waals surface area contributed by atoms with Gasteiger partial charge in [-0.25, -0.2) is 4.79 Å². The van der Waals surface area contributed by atoms with Crippen LogP contribution in [0, 0.1) is 0 Å². The van der Waals surface area contributed by atoms with Gasteiger partial charge in [-0.15, -0.1) is 0 Å². The van der Waals surface area contributed by atoms with Crippen LogP contribution in [0.5, 0.6) is 0 Å². The van der Waals surface area contributed by atoms with Crippen LogP contribution in [0.4, 0.5) is 5.69 Å². The first-order chi connectivity index (χ1) is 9.08. The number of aliphatic carboxylic acids is 1. The number of carboxylic acid groups (broad SMARTS) is 1. The van der Waals surface area contributed by atoms with E-state index >= 15 is 0 Å².